The maximum Gasteiger partial charge on any atom is 0.329 e. The quantitative estimate of drug-likeness (QED) is 0.295. The largest absolute Gasteiger partial charge is 0.459 e. The Morgan fingerprint density at radius 2 is 1.74 bits per heavy atom. The van der Waals surface area contributed by atoms with E-state index in [1.165, 1.54) is 15.6 Å². The number of hydrogen-bond acceptors (Lipinski definition) is 7. The molecule has 1 aliphatic carbocycles. The fourth-order valence-electron chi connectivity index (χ4n) is 5.20. The average Bonchev–Trinajstić information content (AvgIpc) is 3.20. The van der Waals surface area contributed by atoms with Crippen LogP contribution in [-0.2, 0) is 29.7 Å². The number of rotatable bonds is 9. The van der Waals surface area contributed by atoms with Crippen LogP contribution in [0.5, 0.6) is 0 Å². The molecule has 0 amide bonds. The Morgan fingerprint density at radius 3 is 2.32 bits per heavy atom. The van der Waals surface area contributed by atoms with Gasteiger partial charge in [-0.15, -0.1) is 11.3 Å². The number of carbonyl (C=O) groups is 1. The van der Waals surface area contributed by atoms with Gasteiger partial charge in [-0.1, -0.05) is 56.9 Å². The Hall–Kier alpha value is -1.72. The molecule has 1 saturated carbocycles. The van der Waals surface area contributed by atoms with E-state index in [9.17, 15) is 13.2 Å². The van der Waals surface area contributed by atoms with Crippen LogP contribution in [-0.4, -0.2) is 70.8 Å². The fraction of sp³-hybridized carbons (Fsp3) is 0.607. The minimum Gasteiger partial charge on any atom is -0.459 e. The van der Waals surface area contributed by atoms with Gasteiger partial charge in [-0.3, -0.25) is 0 Å². The lowest BCUT2D eigenvalue weighted by Crippen LogP contribution is -2.54. The van der Waals surface area contributed by atoms with E-state index >= 15 is 0 Å². The van der Waals surface area contributed by atoms with Gasteiger partial charge in [-0.2, -0.15) is 4.31 Å². The molecule has 38 heavy (non-hydrogen) atoms. The van der Waals surface area contributed by atoms with Gasteiger partial charge in [-0.05, 0) is 50.9 Å². The molecule has 0 spiro atoms. The summed E-state index contributed by atoms with van der Waals surface area (Å²) in [5.74, 6) is -0.472. The number of esters is 1. The molecule has 1 saturated heterocycles. The molecule has 4 rings (SSSR count). The average molecular weight is 579 g/mol. The van der Waals surface area contributed by atoms with Gasteiger partial charge in [0.2, 0.25) is 0 Å². The van der Waals surface area contributed by atoms with Crippen LogP contribution >= 0.6 is 11.3 Å². The normalized spacial score (nSPS) is 24.5. The molecule has 0 bridgehead atoms. The molecule has 7 nitrogen and oxygen atoms in total. The summed E-state index contributed by atoms with van der Waals surface area (Å²) in [6, 6.07) is 14.1. The highest BCUT2D eigenvalue weighted by Crippen LogP contribution is 2.63. The molecule has 210 valence electrons. The van der Waals surface area contributed by atoms with E-state index in [0.29, 0.717) is 19.6 Å². The number of hydrogen-bond donors (Lipinski definition) is 0. The highest BCUT2D eigenvalue weighted by molar-refractivity contribution is 7.91. The molecule has 2 fully saturated rings. The molecular weight excluding hydrogens is 537 g/mol. The minimum atomic E-state index is -4.00. The number of carbonyl (C=O) groups excluding carboxylic acids is 1. The van der Waals surface area contributed by atoms with E-state index in [2.05, 4.69) is 24.5 Å². The molecule has 2 aliphatic rings. The molecule has 2 atom stereocenters. The first-order chi connectivity index (χ1) is 17.6. The second kappa shape index (κ2) is 10.4. The zero-order chi connectivity index (χ0) is 28.0. The van der Waals surface area contributed by atoms with Crippen molar-refractivity contribution in [3.63, 3.8) is 0 Å². The zero-order valence-corrected chi connectivity index (χ0v) is 26.4. The second-order valence-electron chi connectivity index (χ2n) is 12.8. The van der Waals surface area contributed by atoms with E-state index in [-0.39, 0.29) is 10.8 Å². The van der Waals surface area contributed by atoms with Crippen molar-refractivity contribution in [1.29, 1.82) is 0 Å². The van der Waals surface area contributed by atoms with Crippen molar-refractivity contribution >= 4 is 40.4 Å². The van der Waals surface area contributed by atoms with Crippen LogP contribution in [0, 0.1) is 0 Å². The van der Waals surface area contributed by atoms with Crippen molar-refractivity contribution in [3.8, 4) is 0 Å². The highest BCUT2D eigenvalue weighted by Gasteiger charge is 2.76. The van der Waals surface area contributed by atoms with Crippen molar-refractivity contribution < 1.29 is 22.7 Å². The van der Waals surface area contributed by atoms with Crippen LogP contribution in [0.1, 0.15) is 39.7 Å². The predicted octanol–water partition coefficient (Wildman–Crippen LogP) is 5.36. The Bertz CT molecular complexity index is 1250. The van der Waals surface area contributed by atoms with E-state index in [1.54, 1.807) is 6.07 Å². The van der Waals surface area contributed by atoms with Crippen LogP contribution in [0.3, 0.4) is 0 Å². The number of ether oxygens (including phenoxy) is 2. The van der Waals surface area contributed by atoms with Crippen LogP contribution in [0.25, 0.3) is 0 Å². The number of nitrogens with zero attached hydrogens (tertiary/aromatic N) is 2. The van der Waals surface area contributed by atoms with Gasteiger partial charge >= 0.3 is 5.97 Å². The van der Waals surface area contributed by atoms with Crippen LogP contribution in [0.2, 0.25) is 25.7 Å². The van der Waals surface area contributed by atoms with Crippen molar-refractivity contribution in [1.82, 2.24) is 4.31 Å². The van der Waals surface area contributed by atoms with Crippen LogP contribution in [0.4, 0.5) is 5.00 Å². The standard InChI is InChI=1S/C28H42N2O5S2Si/c1-26(2,3)35-25(31)28(21-27(28,4)22-11-9-8-10-12-22)30(17-20-38(5,6)7)37(32,33)24-14-13-23(36-24)29-15-18-34-19-16-29/h8-14H,15-21H2,1-7H3. The number of morpholine rings is 1. The van der Waals surface area contributed by atoms with E-state index in [1.807, 2.05) is 64.1 Å². The minimum absolute atomic E-state index is 0.264. The first kappa shape index (κ1) is 29.3. The molecule has 2 heterocycles. The highest BCUT2D eigenvalue weighted by atomic mass is 32.2. The Kier molecular flexibility index (Phi) is 7.97. The monoisotopic (exact) mass is 578 g/mol. The summed E-state index contributed by atoms with van der Waals surface area (Å²) in [4.78, 5) is 16.3. The molecule has 1 aromatic carbocycles. The zero-order valence-electron chi connectivity index (χ0n) is 23.7. The van der Waals surface area contributed by atoms with Gasteiger partial charge in [0.15, 0.2) is 0 Å². The van der Waals surface area contributed by atoms with Crippen LogP contribution < -0.4 is 4.90 Å². The first-order valence-electron chi connectivity index (χ1n) is 13.3. The second-order valence-corrected chi connectivity index (χ2v) is 21.6. The summed E-state index contributed by atoms with van der Waals surface area (Å²) in [5.41, 5.74) is -1.82. The first-order valence-corrected chi connectivity index (χ1v) is 19.3. The summed E-state index contributed by atoms with van der Waals surface area (Å²) in [7, 11) is -5.66. The Balaban J connectivity index is 1.81. The number of sulfonamides is 1. The summed E-state index contributed by atoms with van der Waals surface area (Å²) in [6.45, 7) is 17.1. The lowest BCUT2D eigenvalue weighted by atomic mass is 9.92. The third kappa shape index (κ3) is 5.75. The fourth-order valence-corrected chi connectivity index (χ4v) is 9.54. The van der Waals surface area contributed by atoms with Crippen molar-refractivity contribution in [2.24, 2.45) is 0 Å². The Labute approximate surface area is 233 Å². The number of thiophene rings is 1. The summed E-state index contributed by atoms with van der Waals surface area (Å²) in [6.07, 6.45) is 0.381. The van der Waals surface area contributed by atoms with Gasteiger partial charge in [-0.25, -0.2) is 13.2 Å². The molecule has 2 aromatic rings. The molecule has 0 radical (unpaired) electrons. The molecule has 10 heteroatoms. The SMILES string of the molecule is CC(C)(C)OC(=O)C1(N(CC[Si](C)(C)C)S(=O)(=O)c2ccc(N3CCOCC3)s2)CC1(C)c1ccccc1. The molecule has 2 unspecified atom stereocenters. The van der Waals surface area contributed by atoms with Crippen molar-refractivity contribution in [2.75, 3.05) is 37.7 Å². The van der Waals surface area contributed by atoms with Gasteiger partial charge in [0.05, 0.1) is 18.2 Å². The summed E-state index contributed by atoms with van der Waals surface area (Å²) >= 11 is 1.27. The third-order valence-corrected chi connectivity index (χ3v) is 12.7. The maximum atomic E-state index is 14.5. The molecular formula is C28H42N2O5S2Si. The maximum absolute atomic E-state index is 14.5. The van der Waals surface area contributed by atoms with Crippen molar-refractivity contribution in [3.05, 3.63) is 48.0 Å². The smallest absolute Gasteiger partial charge is 0.329 e. The van der Waals surface area contributed by atoms with Gasteiger partial charge in [0, 0.05) is 33.1 Å². The van der Waals surface area contributed by atoms with Gasteiger partial charge in [0.25, 0.3) is 10.0 Å². The van der Waals surface area contributed by atoms with Crippen LogP contribution in [0.15, 0.2) is 46.7 Å². The lowest BCUT2D eigenvalue weighted by Gasteiger charge is -2.36. The van der Waals surface area contributed by atoms with Gasteiger partial charge < -0.3 is 14.4 Å². The number of anilines is 1. The summed E-state index contributed by atoms with van der Waals surface area (Å²) in [5, 5.41) is 0.907. The molecule has 1 aliphatic heterocycles. The summed E-state index contributed by atoms with van der Waals surface area (Å²) < 4.78 is 42.3. The topological polar surface area (TPSA) is 76.2 Å². The molecule has 0 N–H and O–H groups in total. The third-order valence-electron chi connectivity index (χ3n) is 7.47. The predicted molar refractivity (Wildman–Crippen MR) is 156 cm³/mol. The van der Waals surface area contributed by atoms with E-state index < -0.39 is 40.6 Å². The lowest BCUT2D eigenvalue weighted by molar-refractivity contribution is -0.162. The number of benzene rings is 1. The molecule has 1 aromatic heterocycles. The van der Waals surface area contributed by atoms with E-state index in [4.69, 9.17) is 9.47 Å². The van der Waals surface area contributed by atoms with E-state index in [0.717, 1.165) is 29.7 Å². The Morgan fingerprint density at radius 1 is 1.11 bits per heavy atom. The van der Waals surface area contributed by atoms with Crippen molar-refractivity contribution in [2.45, 2.75) is 80.6 Å². The van der Waals surface area contributed by atoms with Gasteiger partial charge in [0.1, 0.15) is 15.3 Å².